The van der Waals surface area contributed by atoms with Gasteiger partial charge in [-0.25, -0.2) is 4.39 Å². The summed E-state index contributed by atoms with van der Waals surface area (Å²) in [6, 6.07) is 6.90. The van der Waals surface area contributed by atoms with Crippen LogP contribution in [0.15, 0.2) is 24.3 Å². The molecule has 0 aromatic heterocycles. The Labute approximate surface area is 102 Å². The Kier molecular flexibility index (Phi) is 4.51. The minimum Gasteiger partial charge on any atom is -0.377 e. The van der Waals surface area contributed by atoms with Crippen molar-refractivity contribution >= 4 is 0 Å². The van der Waals surface area contributed by atoms with Gasteiger partial charge in [-0.15, -0.1) is 0 Å². The molecule has 94 valence electrons. The SMILES string of the molecule is CC(NCC1CCCCO1)c1ccc(F)cc1. The van der Waals surface area contributed by atoms with Gasteiger partial charge in [0.15, 0.2) is 0 Å². The Balaban J connectivity index is 1.80. The maximum absolute atomic E-state index is 12.8. The standard InChI is InChI=1S/C14H20FNO/c1-11(12-5-7-13(15)8-6-12)16-10-14-4-2-3-9-17-14/h5-8,11,14,16H,2-4,9-10H2,1H3. The molecule has 1 saturated heterocycles. The van der Waals surface area contributed by atoms with Crippen molar-refractivity contribution in [1.82, 2.24) is 5.32 Å². The van der Waals surface area contributed by atoms with Crippen LogP contribution in [-0.2, 0) is 4.74 Å². The quantitative estimate of drug-likeness (QED) is 0.869. The van der Waals surface area contributed by atoms with Gasteiger partial charge in [-0.1, -0.05) is 12.1 Å². The maximum atomic E-state index is 12.8. The van der Waals surface area contributed by atoms with Crippen LogP contribution < -0.4 is 5.32 Å². The van der Waals surface area contributed by atoms with Crippen molar-refractivity contribution in [1.29, 1.82) is 0 Å². The van der Waals surface area contributed by atoms with Crippen LogP contribution in [0.3, 0.4) is 0 Å². The second-order valence-corrected chi connectivity index (χ2v) is 4.67. The number of benzene rings is 1. The second kappa shape index (κ2) is 6.12. The van der Waals surface area contributed by atoms with E-state index < -0.39 is 0 Å². The Hall–Kier alpha value is -0.930. The summed E-state index contributed by atoms with van der Waals surface area (Å²) >= 11 is 0. The molecule has 0 amide bonds. The van der Waals surface area contributed by atoms with E-state index in [2.05, 4.69) is 12.2 Å². The van der Waals surface area contributed by atoms with E-state index in [9.17, 15) is 4.39 Å². The third-order valence-corrected chi connectivity index (χ3v) is 3.30. The van der Waals surface area contributed by atoms with Gasteiger partial charge in [0.1, 0.15) is 5.82 Å². The molecule has 2 unspecified atom stereocenters. The van der Waals surface area contributed by atoms with Crippen molar-refractivity contribution in [2.24, 2.45) is 0 Å². The lowest BCUT2D eigenvalue weighted by molar-refractivity contribution is 0.0156. The summed E-state index contributed by atoms with van der Waals surface area (Å²) in [6.07, 6.45) is 3.93. The molecule has 2 rings (SSSR count). The van der Waals surface area contributed by atoms with Crippen LogP contribution in [0.2, 0.25) is 0 Å². The fourth-order valence-corrected chi connectivity index (χ4v) is 2.15. The molecule has 2 atom stereocenters. The van der Waals surface area contributed by atoms with Gasteiger partial charge in [-0.2, -0.15) is 0 Å². The average Bonchev–Trinajstić information content (AvgIpc) is 2.38. The zero-order valence-electron chi connectivity index (χ0n) is 10.3. The Morgan fingerprint density at radius 3 is 2.76 bits per heavy atom. The molecule has 1 aromatic rings. The average molecular weight is 237 g/mol. The summed E-state index contributed by atoms with van der Waals surface area (Å²) in [5.41, 5.74) is 1.11. The van der Waals surface area contributed by atoms with Gasteiger partial charge in [-0.3, -0.25) is 0 Å². The number of hydrogen-bond acceptors (Lipinski definition) is 2. The topological polar surface area (TPSA) is 21.3 Å². The molecule has 1 aliphatic rings. The normalized spacial score (nSPS) is 22.4. The highest BCUT2D eigenvalue weighted by Gasteiger charge is 2.14. The lowest BCUT2D eigenvalue weighted by Crippen LogP contribution is -2.33. The molecule has 2 nitrogen and oxygen atoms in total. The Morgan fingerprint density at radius 2 is 2.12 bits per heavy atom. The zero-order valence-corrected chi connectivity index (χ0v) is 10.3. The molecule has 0 spiro atoms. The predicted molar refractivity (Wildman–Crippen MR) is 66.4 cm³/mol. The van der Waals surface area contributed by atoms with Gasteiger partial charge in [0.25, 0.3) is 0 Å². The summed E-state index contributed by atoms with van der Waals surface area (Å²) in [4.78, 5) is 0. The predicted octanol–water partition coefficient (Wildman–Crippen LogP) is 3.05. The zero-order chi connectivity index (χ0) is 12.1. The Morgan fingerprint density at radius 1 is 1.35 bits per heavy atom. The summed E-state index contributed by atoms with van der Waals surface area (Å²) in [5, 5.41) is 3.44. The molecular formula is C14H20FNO. The molecule has 0 aliphatic carbocycles. The highest BCUT2D eigenvalue weighted by molar-refractivity contribution is 5.19. The molecule has 1 N–H and O–H groups in total. The van der Waals surface area contributed by atoms with E-state index in [0.29, 0.717) is 6.10 Å². The van der Waals surface area contributed by atoms with Crippen LogP contribution in [-0.4, -0.2) is 19.3 Å². The molecule has 0 radical (unpaired) electrons. The summed E-state index contributed by atoms with van der Waals surface area (Å²) < 4.78 is 18.4. The molecule has 1 fully saturated rings. The van der Waals surface area contributed by atoms with Crippen LogP contribution in [0.25, 0.3) is 0 Å². The number of hydrogen-bond donors (Lipinski definition) is 1. The van der Waals surface area contributed by atoms with Crippen molar-refractivity contribution in [3.8, 4) is 0 Å². The first kappa shape index (κ1) is 12.5. The minimum absolute atomic E-state index is 0.184. The van der Waals surface area contributed by atoms with Crippen LogP contribution >= 0.6 is 0 Å². The van der Waals surface area contributed by atoms with Crippen molar-refractivity contribution in [3.05, 3.63) is 35.6 Å². The highest BCUT2D eigenvalue weighted by Crippen LogP contribution is 2.15. The first-order valence-electron chi connectivity index (χ1n) is 6.36. The summed E-state index contributed by atoms with van der Waals surface area (Å²) in [6.45, 7) is 3.85. The first-order valence-corrected chi connectivity index (χ1v) is 6.36. The summed E-state index contributed by atoms with van der Waals surface area (Å²) in [5.74, 6) is -0.184. The number of rotatable bonds is 4. The van der Waals surface area contributed by atoms with Crippen LogP contribution in [0.5, 0.6) is 0 Å². The van der Waals surface area contributed by atoms with Crippen LogP contribution in [0.1, 0.15) is 37.8 Å². The largest absolute Gasteiger partial charge is 0.377 e. The monoisotopic (exact) mass is 237 g/mol. The number of nitrogens with one attached hydrogen (secondary N) is 1. The molecule has 17 heavy (non-hydrogen) atoms. The van der Waals surface area contributed by atoms with Crippen molar-refractivity contribution in [2.75, 3.05) is 13.2 Å². The van der Waals surface area contributed by atoms with Gasteiger partial charge in [0.2, 0.25) is 0 Å². The van der Waals surface area contributed by atoms with E-state index in [0.717, 1.165) is 25.1 Å². The van der Waals surface area contributed by atoms with Crippen LogP contribution in [0, 0.1) is 5.82 Å². The minimum atomic E-state index is -0.184. The lowest BCUT2D eigenvalue weighted by Gasteiger charge is -2.24. The van der Waals surface area contributed by atoms with E-state index in [1.54, 1.807) is 0 Å². The van der Waals surface area contributed by atoms with Crippen molar-refractivity contribution in [3.63, 3.8) is 0 Å². The third kappa shape index (κ3) is 3.79. The first-order chi connectivity index (χ1) is 8.25. The van der Waals surface area contributed by atoms with E-state index in [-0.39, 0.29) is 11.9 Å². The Bertz CT molecular complexity index is 333. The molecular weight excluding hydrogens is 217 g/mol. The van der Waals surface area contributed by atoms with Gasteiger partial charge in [0.05, 0.1) is 6.10 Å². The number of ether oxygens (including phenoxy) is 1. The molecule has 1 heterocycles. The fourth-order valence-electron chi connectivity index (χ4n) is 2.15. The smallest absolute Gasteiger partial charge is 0.123 e. The van der Waals surface area contributed by atoms with Gasteiger partial charge < -0.3 is 10.1 Å². The number of halogens is 1. The molecule has 0 saturated carbocycles. The summed E-state index contributed by atoms with van der Waals surface area (Å²) in [7, 11) is 0. The van der Waals surface area contributed by atoms with Gasteiger partial charge >= 0.3 is 0 Å². The van der Waals surface area contributed by atoms with E-state index in [1.165, 1.54) is 25.0 Å². The fraction of sp³-hybridized carbons (Fsp3) is 0.571. The van der Waals surface area contributed by atoms with Crippen molar-refractivity contribution < 1.29 is 9.13 Å². The highest BCUT2D eigenvalue weighted by atomic mass is 19.1. The van der Waals surface area contributed by atoms with E-state index >= 15 is 0 Å². The maximum Gasteiger partial charge on any atom is 0.123 e. The molecule has 1 aliphatic heterocycles. The molecule has 3 heteroatoms. The van der Waals surface area contributed by atoms with Gasteiger partial charge in [-0.05, 0) is 43.9 Å². The molecule has 1 aromatic carbocycles. The van der Waals surface area contributed by atoms with Crippen LogP contribution in [0.4, 0.5) is 4.39 Å². The lowest BCUT2D eigenvalue weighted by atomic mass is 10.1. The van der Waals surface area contributed by atoms with Crippen molar-refractivity contribution in [2.45, 2.75) is 38.3 Å². The van der Waals surface area contributed by atoms with Gasteiger partial charge in [0, 0.05) is 19.2 Å². The second-order valence-electron chi connectivity index (χ2n) is 4.67. The third-order valence-electron chi connectivity index (χ3n) is 3.30. The molecule has 0 bridgehead atoms. The van der Waals surface area contributed by atoms with E-state index in [1.807, 2.05) is 12.1 Å². The van der Waals surface area contributed by atoms with E-state index in [4.69, 9.17) is 4.74 Å².